The number of ether oxygens (including phenoxy) is 1. The van der Waals surface area contributed by atoms with Crippen LogP contribution in [0.4, 0.5) is 4.39 Å². The normalized spacial score (nSPS) is 20.3. The maximum atomic E-state index is 13.8. The SMILES string of the molecule is O=C(c1ccc(Br)c(Cl)c1F)C1CCCOC1. The number of hydrogen-bond acceptors (Lipinski definition) is 2. The van der Waals surface area contributed by atoms with Crippen LogP contribution in [0.15, 0.2) is 16.6 Å². The molecule has 1 aliphatic heterocycles. The molecule has 1 unspecified atom stereocenters. The molecule has 1 saturated heterocycles. The van der Waals surface area contributed by atoms with Gasteiger partial charge in [0.1, 0.15) is 0 Å². The monoisotopic (exact) mass is 320 g/mol. The number of halogens is 3. The van der Waals surface area contributed by atoms with Crippen molar-refractivity contribution >= 4 is 33.3 Å². The molecule has 0 saturated carbocycles. The van der Waals surface area contributed by atoms with Crippen LogP contribution in [0.1, 0.15) is 23.2 Å². The summed E-state index contributed by atoms with van der Waals surface area (Å²) in [6, 6.07) is 3.05. The fraction of sp³-hybridized carbons (Fsp3) is 0.417. The van der Waals surface area contributed by atoms with Crippen LogP contribution in [0.25, 0.3) is 0 Å². The van der Waals surface area contributed by atoms with Gasteiger partial charge >= 0.3 is 0 Å². The molecule has 5 heteroatoms. The second-order valence-corrected chi connectivity index (χ2v) is 5.23. The van der Waals surface area contributed by atoms with E-state index in [4.69, 9.17) is 16.3 Å². The summed E-state index contributed by atoms with van der Waals surface area (Å²) in [6.07, 6.45) is 1.58. The molecule has 0 amide bonds. The molecular weight excluding hydrogens is 310 g/mol. The lowest BCUT2D eigenvalue weighted by molar-refractivity contribution is 0.0459. The first-order valence-corrected chi connectivity index (χ1v) is 6.54. The van der Waals surface area contributed by atoms with Crippen molar-refractivity contribution in [1.82, 2.24) is 0 Å². The van der Waals surface area contributed by atoms with E-state index in [1.165, 1.54) is 6.07 Å². The molecule has 1 fully saturated rings. The van der Waals surface area contributed by atoms with Gasteiger partial charge in [-0.1, -0.05) is 11.6 Å². The summed E-state index contributed by atoms with van der Waals surface area (Å²) in [6.45, 7) is 1.04. The van der Waals surface area contributed by atoms with Crippen molar-refractivity contribution < 1.29 is 13.9 Å². The van der Waals surface area contributed by atoms with Gasteiger partial charge in [0.05, 0.1) is 17.2 Å². The second-order valence-electron chi connectivity index (χ2n) is 4.00. The van der Waals surface area contributed by atoms with E-state index < -0.39 is 5.82 Å². The Hall–Kier alpha value is -0.450. The Morgan fingerprint density at radius 3 is 2.94 bits per heavy atom. The highest BCUT2D eigenvalue weighted by atomic mass is 79.9. The van der Waals surface area contributed by atoms with Crippen LogP contribution in [0, 0.1) is 11.7 Å². The third-order valence-corrected chi connectivity index (χ3v) is 4.09. The van der Waals surface area contributed by atoms with Crippen molar-refractivity contribution in [2.75, 3.05) is 13.2 Å². The van der Waals surface area contributed by atoms with E-state index in [2.05, 4.69) is 15.9 Å². The van der Waals surface area contributed by atoms with Crippen LogP contribution in [0.5, 0.6) is 0 Å². The Kier molecular flexibility index (Phi) is 4.17. The van der Waals surface area contributed by atoms with Crippen molar-refractivity contribution in [1.29, 1.82) is 0 Å². The zero-order chi connectivity index (χ0) is 12.4. The smallest absolute Gasteiger partial charge is 0.171 e. The summed E-state index contributed by atoms with van der Waals surface area (Å²) in [5, 5.41) is -0.0485. The van der Waals surface area contributed by atoms with Crippen molar-refractivity contribution in [3.8, 4) is 0 Å². The molecule has 1 aliphatic rings. The van der Waals surface area contributed by atoms with E-state index in [9.17, 15) is 9.18 Å². The van der Waals surface area contributed by atoms with Crippen molar-refractivity contribution in [2.45, 2.75) is 12.8 Å². The van der Waals surface area contributed by atoms with E-state index in [0.717, 1.165) is 12.8 Å². The van der Waals surface area contributed by atoms with Gasteiger partial charge in [0.2, 0.25) is 0 Å². The first kappa shape index (κ1) is 13.0. The molecule has 2 rings (SSSR count). The number of ketones is 1. The van der Waals surface area contributed by atoms with Crippen molar-refractivity contribution in [3.63, 3.8) is 0 Å². The summed E-state index contributed by atoms with van der Waals surface area (Å²) in [5.41, 5.74) is 0.0497. The predicted molar refractivity (Wildman–Crippen MR) is 67.0 cm³/mol. The van der Waals surface area contributed by atoms with E-state index in [-0.39, 0.29) is 22.3 Å². The molecule has 17 heavy (non-hydrogen) atoms. The Labute approximate surface area is 112 Å². The molecule has 92 valence electrons. The maximum absolute atomic E-state index is 13.8. The van der Waals surface area contributed by atoms with Gasteiger partial charge in [-0.2, -0.15) is 0 Å². The fourth-order valence-corrected chi connectivity index (χ4v) is 2.35. The largest absolute Gasteiger partial charge is 0.381 e. The number of carbonyl (C=O) groups is 1. The van der Waals surface area contributed by atoms with Crippen LogP contribution < -0.4 is 0 Å². The predicted octanol–water partition coefficient (Wildman–Crippen LogP) is 3.85. The van der Waals surface area contributed by atoms with E-state index in [1.807, 2.05) is 0 Å². The average Bonchev–Trinajstić information content (AvgIpc) is 2.36. The van der Waals surface area contributed by atoms with Crippen molar-refractivity contribution in [2.24, 2.45) is 5.92 Å². The molecule has 0 spiro atoms. The molecule has 0 bridgehead atoms. The van der Waals surface area contributed by atoms with Gasteiger partial charge in [-0.3, -0.25) is 4.79 Å². The van der Waals surface area contributed by atoms with Crippen LogP contribution >= 0.6 is 27.5 Å². The van der Waals surface area contributed by atoms with Gasteiger partial charge < -0.3 is 4.74 Å². The molecule has 0 aliphatic carbocycles. The molecule has 1 aromatic carbocycles. The second kappa shape index (κ2) is 5.46. The molecule has 1 aromatic rings. The first-order chi connectivity index (χ1) is 8.11. The van der Waals surface area contributed by atoms with Gasteiger partial charge in [0.15, 0.2) is 11.6 Å². The average molecular weight is 322 g/mol. The standard InChI is InChI=1S/C12H11BrClFO2/c13-9-4-3-8(11(15)10(9)14)12(16)7-2-1-5-17-6-7/h3-4,7H,1-2,5-6H2. The number of hydrogen-bond donors (Lipinski definition) is 0. The highest BCUT2D eigenvalue weighted by Gasteiger charge is 2.26. The molecule has 0 N–H and O–H groups in total. The van der Waals surface area contributed by atoms with Crippen LogP contribution in [-0.4, -0.2) is 19.0 Å². The zero-order valence-electron chi connectivity index (χ0n) is 9.01. The third kappa shape index (κ3) is 2.69. The van der Waals surface area contributed by atoms with Crippen LogP contribution in [0.3, 0.4) is 0 Å². The van der Waals surface area contributed by atoms with Gasteiger partial charge in [-0.15, -0.1) is 0 Å². The minimum Gasteiger partial charge on any atom is -0.381 e. The zero-order valence-corrected chi connectivity index (χ0v) is 11.4. The highest BCUT2D eigenvalue weighted by molar-refractivity contribution is 9.10. The van der Waals surface area contributed by atoms with E-state index >= 15 is 0 Å². The minimum atomic E-state index is -0.656. The summed E-state index contributed by atoms with van der Waals surface area (Å²) < 4.78 is 19.5. The molecule has 1 heterocycles. The Bertz CT molecular complexity index is 444. The Morgan fingerprint density at radius 1 is 1.53 bits per heavy atom. The highest BCUT2D eigenvalue weighted by Crippen LogP contribution is 2.29. The van der Waals surface area contributed by atoms with Crippen LogP contribution in [-0.2, 0) is 4.74 Å². The summed E-state index contributed by atoms with van der Waals surface area (Å²) in [4.78, 5) is 12.1. The van der Waals surface area contributed by atoms with E-state index in [0.29, 0.717) is 17.7 Å². The fourth-order valence-electron chi connectivity index (χ4n) is 1.88. The molecule has 2 nitrogen and oxygen atoms in total. The minimum absolute atomic E-state index is 0.0485. The summed E-state index contributed by atoms with van der Waals surface area (Å²) >= 11 is 8.88. The quantitative estimate of drug-likeness (QED) is 0.611. The summed E-state index contributed by atoms with van der Waals surface area (Å²) in [5.74, 6) is -1.14. The Morgan fingerprint density at radius 2 is 2.29 bits per heavy atom. The van der Waals surface area contributed by atoms with Gasteiger partial charge in [0, 0.05) is 17.0 Å². The summed E-state index contributed by atoms with van der Waals surface area (Å²) in [7, 11) is 0. The first-order valence-electron chi connectivity index (χ1n) is 5.36. The molecule has 1 atom stereocenters. The van der Waals surface area contributed by atoms with Crippen LogP contribution in [0.2, 0.25) is 5.02 Å². The maximum Gasteiger partial charge on any atom is 0.171 e. The molecule has 0 radical (unpaired) electrons. The van der Waals surface area contributed by atoms with Gasteiger partial charge in [0.25, 0.3) is 0 Å². The lowest BCUT2D eigenvalue weighted by Gasteiger charge is -2.21. The lowest BCUT2D eigenvalue weighted by Crippen LogP contribution is -2.26. The number of Topliss-reactive ketones (excluding diaryl/α,β-unsaturated/α-hetero) is 1. The topological polar surface area (TPSA) is 26.3 Å². The number of carbonyl (C=O) groups excluding carboxylic acids is 1. The third-order valence-electron chi connectivity index (χ3n) is 2.83. The van der Waals surface area contributed by atoms with E-state index in [1.54, 1.807) is 6.07 Å². The van der Waals surface area contributed by atoms with Crippen molar-refractivity contribution in [3.05, 3.63) is 33.0 Å². The lowest BCUT2D eigenvalue weighted by atomic mass is 9.92. The van der Waals surface area contributed by atoms with Gasteiger partial charge in [-0.05, 0) is 40.9 Å². The molecular formula is C12H11BrClFO2. The number of benzene rings is 1. The number of rotatable bonds is 2. The Balaban J connectivity index is 2.27. The van der Waals surface area contributed by atoms with Gasteiger partial charge in [-0.25, -0.2) is 4.39 Å². The molecule has 0 aromatic heterocycles.